The first-order valence-corrected chi connectivity index (χ1v) is 8.54. The summed E-state index contributed by atoms with van der Waals surface area (Å²) in [6, 6.07) is -0.383. The summed E-state index contributed by atoms with van der Waals surface area (Å²) >= 11 is 1.43. The number of nitrogens with one attached hydrogen (secondary N) is 3. The maximum absolute atomic E-state index is 12.1. The number of nitrogens with zero attached hydrogens (tertiary/aromatic N) is 2. The number of amides is 1. The van der Waals surface area contributed by atoms with Crippen LogP contribution in [0.15, 0.2) is 0 Å². The number of rotatable bonds is 3. The lowest BCUT2D eigenvalue weighted by Gasteiger charge is -2.25. The van der Waals surface area contributed by atoms with Crippen LogP contribution in [-0.4, -0.2) is 35.0 Å². The lowest BCUT2D eigenvalue weighted by Crippen LogP contribution is -2.37. The van der Waals surface area contributed by atoms with Crippen LogP contribution >= 0.6 is 11.3 Å². The smallest absolute Gasteiger partial charge is 0.341 e. The average molecular weight is 361 g/mol. The SMILES string of the molecule is COC(=O)c1c(Nc2nc(C)nc3c2NC(=O)C(C)N3)sc(C)c1C. The Hall–Kier alpha value is -2.68. The molecule has 132 valence electrons. The third-order valence-electron chi connectivity index (χ3n) is 4.02. The molecule has 1 aliphatic rings. The van der Waals surface area contributed by atoms with Crippen LogP contribution in [-0.2, 0) is 9.53 Å². The highest BCUT2D eigenvalue weighted by Crippen LogP contribution is 2.38. The number of methoxy groups -OCH3 is 1. The highest BCUT2D eigenvalue weighted by molar-refractivity contribution is 7.16. The Labute approximate surface area is 149 Å². The van der Waals surface area contributed by atoms with E-state index in [4.69, 9.17) is 4.74 Å². The summed E-state index contributed by atoms with van der Waals surface area (Å²) in [4.78, 5) is 33.9. The Balaban J connectivity index is 2.07. The normalized spacial score (nSPS) is 15.9. The van der Waals surface area contributed by atoms with Gasteiger partial charge in [0.15, 0.2) is 11.6 Å². The lowest BCUT2D eigenvalue weighted by atomic mass is 10.1. The summed E-state index contributed by atoms with van der Waals surface area (Å²) in [7, 11) is 1.35. The van der Waals surface area contributed by atoms with Gasteiger partial charge in [0.25, 0.3) is 0 Å². The highest BCUT2D eigenvalue weighted by Gasteiger charge is 2.28. The molecule has 1 aliphatic heterocycles. The van der Waals surface area contributed by atoms with Crippen LogP contribution < -0.4 is 16.0 Å². The van der Waals surface area contributed by atoms with E-state index in [1.54, 1.807) is 13.8 Å². The van der Waals surface area contributed by atoms with Gasteiger partial charge in [0, 0.05) is 4.88 Å². The molecule has 0 aromatic carbocycles. The van der Waals surface area contributed by atoms with Crippen LogP contribution in [0.25, 0.3) is 0 Å². The zero-order valence-corrected chi connectivity index (χ0v) is 15.4. The number of ether oxygens (including phenoxy) is 1. The number of hydrogen-bond donors (Lipinski definition) is 3. The van der Waals surface area contributed by atoms with E-state index >= 15 is 0 Å². The number of aromatic nitrogens is 2. The number of fused-ring (bicyclic) bond motifs is 1. The van der Waals surface area contributed by atoms with Gasteiger partial charge in [-0.25, -0.2) is 14.8 Å². The van der Waals surface area contributed by atoms with Gasteiger partial charge in [-0.2, -0.15) is 0 Å². The second-order valence-electron chi connectivity index (χ2n) is 5.80. The Morgan fingerprint density at radius 1 is 1.28 bits per heavy atom. The van der Waals surface area contributed by atoms with Gasteiger partial charge in [-0.05, 0) is 33.3 Å². The summed E-state index contributed by atoms with van der Waals surface area (Å²) in [5, 5.41) is 9.65. The van der Waals surface area contributed by atoms with Crippen LogP contribution in [0.1, 0.15) is 33.5 Å². The molecular formula is C16H19N5O3S. The molecule has 25 heavy (non-hydrogen) atoms. The molecule has 8 nitrogen and oxygen atoms in total. The molecule has 1 unspecified atom stereocenters. The summed E-state index contributed by atoms with van der Waals surface area (Å²) < 4.78 is 4.89. The van der Waals surface area contributed by atoms with Gasteiger partial charge in [-0.15, -0.1) is 11.3 Å². The zero-order chi connectivity index (χ0) is 18.3. The van der Waals surface area contributed by atoms with E-state index in [-0.39, 0.29) is 11.9 Å². The molecule has 1 amide bonds. The van der Waals surface area contributed by atoms with Gasteiger partial charge in [-0.3, -0.25) is 4.79 Å². The fourth-order valence-electron chi connectivity index (χ4n) is 2.56. The molecule has 1 atom stereocenters. The Bertz CT molecular complexity index is 877. The minimum absolute atomic E-state index is 0.172. The molecule has 0 saturated carbocycles. The fourth-order valence-corrected chi connectivity index (χ4v) is 3.61. The molecular weight excluding hydrogens is 342 g/mol. The van der Waals surface area contributed by atoms with E-state index in [0.717, 1.165) is 10.4 Å². The second kappa shape index (κ2) is 6.32. The molecule has 0 saturated heterocycles. The molecule has 0 fully saturated rings. The van der Waals surface area contributed by atoms with Crippen LogP contribution in [0.3, 0.4) is 0 Å². The predicted molar refractivity (Wildman–Crippen MR) is 96.9 cm³/mol. The zero-order valence-electron chi connectivity index (χ0n) is 14.6. The van der Waals surface area contributed by atoms with Crippen LogP contribution in [0, 0.1) is 20.8 Å². The van der Waals surface area contributed by atoms with Crippen LogP contribution in [0.4, 0.5) is 22.3 Å². The molecule has 2 aromatic rings. The quantitative estimate of drug-likeness (QED) is 0.722. The first-order valence-electron chi connectivity index (χ1n) is 7.73. The molecule has 2 aromatic heterocycles. The van der Waals surface area contributed by atoms with Gasteiger partial charge in [0.2, 0.25) is 5.91 Å². The third-order valence-corrected chi connectivity index (χ3v) is 5.14. The maximum atomic E-state index is 12.1. The first-order chi connectivity index (χ1) is 11.8. The Kier molecular flexibility index (Phi) is 4.34. The summed E-state index contributed by atoms with van der Waals surface area (Å²) in [6.45, 7) is 7.32. The standard InChI is InChI=1S/C16H19N5O3S/c1-6-8(3)25-15(10(6)16(23)24-5)21-13-11-12(18-9(4)19-13)17-7(2)14(22)20-11/h7H,1-5H3,(H,20,22)(H2,17,18,19,21). The monoisotopic (exact) mass is 361 g/mol. The Morgan fingerprint density at radius 2 is 2.00 bits per heavy atom. The van der Waals surface area contributed by atoms with Crippen molar-refractivity contribution in [2.75, 3.05) is 23.1 Å². The first kappa shape index (κ1) is 17.2. The number of aryl methyl sites for hydroxylation is 2. The fraction of sp³-hybridized carbons (Fsp3) is 0.375. The molecule has 0 bridgehead atoms. The van der Waals surface area contributed by atoms with Gasteiger partial charge >= 0.3 is 5.97 Å². The van der Waals surface area contributed by atoms with Crippen molar-refractivity contribution in [3.05, 3.63) is 21.8 Å². The predicted octanol–water partition coefficient (Wildman–Crippen LogP) is 2.75. The van der Waals surface area contributed by atoms with Crippen molar-refractivity contribution < 1.29 is 14.3 Å². The minimum Gasteiger partial charge on any atom is -0.465 e. The van der Waals surface area contributed by atoms with E-state index in [2.05, 4.69) is 25.9 Å². The Morgan fingerprint density at radius 3 is 2.68 bits per heavy atom. The minimum atomic E-state index is -0.417. The van der Waals surface area contributed by atoms with Crippen molar-refractivity contribution >= 4 is 45.5 Å². The topological polar surface area (TPSA) is 105 Å². The number of esters is 1. The van der Waals surface area contributed by atoms with Crippen LogP contribution in [0.2, 0.25) is 0 Å². The molecule has 3 N–H and O–H groups in total. The van der Waals surface area contributed by atoms with Gasteiger partial charge < -0.3 is 20.7 Å². The molecule has 3 heterocycles. The number of carbonyl (C=O) groups excluding carboxylic acids is 2. The van der Waals surface area contributed by atoms with E-state index in [1.807, 2.05) is 13.8 Å². The molecule has 9 heteroatoms. The number of hydrogen-bond acceptors (Lipinski definition) is 8. The largest absolute Gasteiger partial charge is 0.465 e. The van der Waals surface area contributed by atoms with Crippen molar-refractivity contribution in [1.29, 1.82) is 0 Å². The molecule has 0 radical (unpaired) electrons. The van der Waals surface area contributed by atoms with E-state index in [0.29, 0.717) is 33.7 Å². The summed E-state index contributed by atoms with van der Waals surface area (Å²) in [5.41, 5.74) is 1.79. The van der Waals surface area contributed by atoms with Crippen molar-refractivity contribution in [2.45, 2.75) is 33.7 Å². The van der Waals surface area contributed by atoms with E-state index in [1.165, 1.54) is 18.4 Å². The number of thiophene rings is 1. The summed E-state index contributed by atoms with van der Waals surface area (Å²) in [5.74, 6) is 0.935. The molecule has 0 spiro atoms. The summed E-state index contributed by atoms with van der Waals surface area (Å²) in [6.07, 6.45) is 0. The van der Waals surface area contributed by atoms with E-state index in [9.17, 15) is 9.59 Å². The maximum Gasteiger partial charge on any atom is 0.341 e. The van der Waals surface area contributed by atoms with Gasteiger partial charge in [-0.1, -0.05) is 0 Å². The third kappa shape index (κ3) is 3.02. The van der Waals surface area contributed by atoms with Crippen molar-refractivity contribution in [1.82, 2.24) is 9.97 Å². The lowest BCUT2D eigenvalue weighted by molar-refractivity contribution is -0.116. The molecule has 0 aliphatic carbocycles. The van der Waals surface area contributed by atoms with Crippen LogP contribution in [0.5, 0.6) is 0 Å². The van der Waals surface area contributed by atoms with Crippen molar-refractivity contribution in [3.8, 4) is 0 Å². The van der Waals surface area contributed by atoms with E-state index < -0.39 is 5.97 Å². The molecule has 3 rings (SSSR count). The van der Waals surface area contributed by atoms with Gasteiger partial charge in [0.05, 0.1) is 12.7 Å². The van der Waals surface area contributed by atoms with Gasteiger partial charge in [0.1, 0.15) is 22.6 Å². The number of carbonyl (C=O) groups is 2. The average Bonchev–Trinajstić information content (AvgIpc) is 2.83. The second-order valence-corrected chi connectivity index (χ2v) is 7.03. The van der Waals surface area contributed by atoms with Crippen molar-refractivity contribution in [3.63, 3.8) is 0 Å². The number of anilines is 4. The highest BCUT2D eigenvalue weighted by atomic mass is 32.1. The van der Waals surface area contributed by atoms with Crippen molar-refractivity contribution in [2.24, 2.45) is 0 Å².